The first-order chi connectivity index (χ1) is 7.42. The Morgan fingerprint density at radius 2 is 2.27 bits per heavy atom. The Balaban J connectivity index is 2.30. The van der Waals surface area contributed by atoms with Crippen LogP contribution in [0.5, 0.6) is 0 Å². The third kappa shape index (κ3) is 1.99. The summed E-state index contributed by atoms with van der Waals surface area (Å²) in [6.07, 6.45) is 7.80. The number of nitriles is 1. The van der Waals surface area contributed by atoms with E-state index in [9.17, 15) is 0 Å². The van der Waals surface area contributed by atoms with Crippen molar-refractivity contribution < 1.29 is 0 Å². The minimum absolute atomic E-state index is 0.479. The van der Waals surface area contributed by atoms with E-state index in [1.165, 1.54) is 0 Å². The molecule has 74 valence electrons. The molecule has 2 heterocycles. The Bertz CT molecular complexity index is 468. The number of hydrogen-bond acceptors (Lipinski definition) is 4. The second-order valence-electron chi connectivity index (χ2n) is 3.02. The van der Waals surface area contributed by atoms with Gasteiger partial charge in [0.25, 0.3) is 0 Å². The van der Waals surface area contributed by atoms with Gasteiger partial charge in [-0.2, -0.15) is 10.4 Å². The maximum Gasteiger partial charge on any atom is 0.107 e. The molecule has 2 aromatic heterocycles. The fourth-order valence-electron chi connectivity index (χ4n) is 1.34. The van der Waals surface area contributed by atoms with Gasteiger partial charge in [0.05, 0.1) is 24.2 Å². The summed E-state index contributed by atoms with van der Waals surface area (Å²) in [6.45, 7) is 0. The van der Waals surface area contributed by atoms with Crippen molar-refractivity contribution in [2.75, 3.05) is 0 Å². The highest BCUT2D eigenvalue weighted by Crippen LogP contribution is 2.18. The fraction of sp³-hybridized carbons (Fsp3) is 0.200. The molecule has 0 fully saturated rings. The van der Waals surface area contributed by atoms with Crippen LogP contribution in [-0.2, 0) is 6.42 Å². The molecule has 15 heavy (non-hydrogen) atoms. The number of H-pyrrole nitrogens is 1. The maximum atomic E-state index is 8.52. The molecule has 0 saturated carbocycles. The molecule has 2 rings (SSSR count). The Labute approximate surface area is 86.8 Å². The monoisotopic (exact) mass is 199 g/mol. The van der Waals surface area contributed by atoms with Gasteiger partial charge in [0, 0.05) is 24.4 Å². The van der Waals surface area contributed by atoms with Crippen LogP contribution in [0.3, 0.4) is 0 Å². The van der Waals surface area contributed by atoms with Gasteiger partial charge in [-0.1, -0.05) is 0 Å². The van der Waals surface area contributed by atoms with Crippen molar-refractivity contribution in [1.29, 1.82) is 5.26 Å². The second-order valence-corrected chi connectivity index (χ2v) is 3.02. The molecule has 0 bridgehead atoms. The van der Waals surface area contributed by atoms with E-state index < -0.39 is 0 Å². The van der Waals surface area contributed by atoms with Crippen LogP contribution in [0.2, 0.25) is 0 Å². The smallest absolute Gasteiger partial charge is 0.107 e. The largest absolute Gasteiger partial charge is 0.276 e. The lowest BCUT2D eigenvalue weighted by molar-refractivity contribution is 1.01. The summed E-state index contributed by atoms with van der Waals surface area (Å²) in [7, 11) is 0. The molecule has 0 amide bonds. The zero-order chi connectivity index (χ0) is 10.5. The van der Waals surface area contributed by atoms with Gasteiger partial charge < -0.3 is 0 Å². The highest BCUT2D eigenvalue weighted by molar-refractivity contribution is 5.56. The zero-order valence-corrected chi connectivity index (χ0v) is 8.01. The number of rotatable bonds is 3. The number of nitrogens with one attached hydrogen (secondary N) is 1. The molecule has 1 N–H and O–H groups in total. The van der Waals surface area contributed by atoms with Gasteiger partial charge in [-0.05, 0) is 6.42 Å². The van der Waals surface area contributed by atoms with Gasteiger partial charge in [-0.25, -0.2) is 0 Å². The highest BCUT2D eigenvalue weighted by atomic mass is 15.1. The van der Waals surface area contributed by atoms with Crippen molar-refractivity contribution in [3.8, 4) is 17.5 Å². The number of aryl methyl sites for hydroxylation is 1. The normalized spacial score (nSPS) is 9.80. The van der Waals surface area contributed by atoms with Crippen molar-refractivity contribution >= 4 is 0 Å². The van der Waals surface area contributed by atoms with E-state index in [0.717, 1.165) is 17.0 Å². The molecule has 2 aromatic rings. The van der Waals surface area contributed by atoms with E-state index in [1.807, 2.05) is 0 Å². The molecule has 5 heteroatoms. The van der Waals surface area contributed by atoms with Gasteiger partial charge in [0.2, 0.25) is 0 Å². The van der Waals surface area contributed by atoms with Crippen LogP contribution in [0, 0.1) is 11.3 Å². The predicted octanol–water partition coefficient (Wildman–Crippen LogP) is 1.32. The number of nitrogens with zero attached hydrogens (tertiary/aromatic N) is 4. The summed E-state index contributed by atoms with van der Waals surface area (Å²) in [5, 5.41) is 15.3. The van der Waals surface area contributed by atoms with Gasteiger partial charge in [0.1, 0.15) is 5.69 Å². The van der Waals surface area contributed by atoms with Crippen LogP contribution < -0.4 is 0 Å². The number of hydrogen-bond donors (Lipinski definition) is 1. The van der Waals surface area contributed by atoms with E-state index in [0.29, 0.717) is 12.8 Å². The lowest BCUT2D eigenvalue weighted by Gasteiger charge is -1.98. The summed E-state index contributed by atoms with van der Waals surface area (Å²) < 4.78 is 0. The van der Waals surface area contributed by atoms with E-state index in [4.69, 9.17) is 5.26 Å². The first-order valence-corrected chi connectivity index (χ1v) is 4.57. The molecule has 0 spiro atoms. The molecule has 5 nitrogen and oxygen atoms in total. The molecule has 0 aliphatic heterocycles. The van der Waals surface area contributed by atoms with Gasteiger partial charge in [-0.15, -0.1) is 0 Å². The fourth-order valence-corrected chi connectivity index (χ4v) is 1.34. The van der Waals surface area contributed by atoms with E-state index in [2.05, 4.69) is 26.2 Å². The van der Waals surface area contributed by atoms with Crippen LogP contribution in [0.15, 0.2) is 24.8 Å². The van der Waals surface area contributed by atoms with Crippen molar-refractivity contribution in [3.63, 3.8) is 0 Å². The highest BCUT2D eigenvalue weighted by Gasteiger charge is 2.07. The quantitative estimate of drug-likeness (QED) is 0.808. The third-order valence-electron chi connectivity index (χ3n) is 2.04. The Hall–Kier alpha value is -2.22. The summed E-state index contributed by atoms with van der Waals surface area (Å²) in [5.41, 5.74) is 2.60. The third-order valence-corrected chi connectivity index (χ3v) is 2.04. The van der Waals surface area contributed by atoms with Crippen LogP contribution in [0.1, 0.15) is 12.0 Å². The minimum atomic E-state index is 0.479. The molecule has 0 aliphatic rings. The van der Waals surface area contributed by atoms with Crippen LogP contribution in [0.4, 0.5) is 0 Å². The molecular weight excluding hydrogens is 190 g/mol. The summed E-state index contributed by atoms with van der Waals surface area (Å²) >= 11 is 0. The van der Waals surface area contributed by atoms with E-state index in [-0.39, 0.29) is 0 Å². The standard InChI is InChI=1S/C10H9N5/c11-3-1-2-8-6-14-15-10(8)9-7-12-4-5-13-9/h4-7H,1-2H2,(H,14,15). The van der Waals surface area contributed by atoms with Crippen molar-refractivity contribution in [2.45, 2.75) is 12.8 Å². The van der Waals surface area contributed by atoms with E-state index >= 15 is 0 Å². The molecule has 0 unspecified atom stereocenters. The predicted molar refractivity (Wildman–Crippen MR) is 53.5 cm³/mol. The lowest BCUT2D eigenvalue weighted by atomic mass is 10.1. The topological polar surface area (TPSA) is 78.2 Å². The average Bonchev–Trinajstić information content (AvgIpc) is 2.75. The average molecular weight is 199 g/mol. The number of aromatic amines is 1. The SMILES string of the molecule is N#CCCc1cn[nH]c1-c1cnccn1. The molecule has 0 radical (unpaired) electrons. The van der Waals surface area contributed by atoms with Crippen molar-refractivity contribution in [2.24, 2.45) is 0 Å². The summed E-state index contributed by atoms with van der Waals surface area (Å²) in [5.74, 6) is 0. The Morgan fingerprint density at radius 1 is 1.33 bits per heavy atom. The van der Waals surface area contributed by atoms with Crippen LogP contribution >= 0.6 is 0 Å². The number of aromatic nitrogens is 4. The van der Waals surface area contributed by atoms with Crippen molar-refractivity contribution in [1.82, 2.24) is 20.2 Å². The maximum absolute atomic E-state index is 8.52. The first kappa shape index (κ1) is 9.34. The lowest BCUT2D eigenvalue weighted by Crippen LogP contribution is -1.90. The van der Waals surface area contributed by atoms with Gasteiger partial charge >= 0.3 is 0 Å². The second kappa shape index (κ2) is 4.33. The van der Waals surface area contributed by atoms with Crippen LogP contribution in [0.25, 0.3) is 11.4 Å². The minimum Gasteiger partial charge on any atom is -0.276 e. The van der Waals surface area contributed by atoms with Crippen molar-refractivity contribution in [3.05, 3.63) is 30.4 Å². The van der Waals surface area contributed by atoms with Crippen LogP contribution in [-0.4, -0.2) is 20.2 Å². The Morgan fingerprint density at radius 3 is 3.00 bits per heavy atom. The summed E-state index contributed by atoms with van der Waals surface area (Å²) in [4.78, 5) is 8.16. The first-order valence-electron chi connectivity index (χ1n) is 4.57. The molecular formula is C10H9N5. The molecule has 0 aromatic carbocycles. The molecule has 0 saturated heterocycles. The van der Waals surface area contributed by atoms with Gasteiger partial charge in [-0.3, -0.25) is 15.1 Å². The zero-order valence-electron chi connectivity index (χ0n) is 8.01. The molecule has 0 aliphatic carbocycles. The Kier molecular flexibility index (Phi) is 2.70. The summed E-state index contributed by atoms with van der Waals surface area (Å²) in [6, 6.07) is 2.11. The van der Waals surface area contributed by atoms with E-state index in [1.54, 1.807) is 24.8 Å². The molecule has 0 atom stereocenters. The van der Waals surface area contributed by atoms with Gasteiger partial charge in [0.15, 0.2) is 0 Å².